The molecule has 2 aromatic carbocycles. The SMILES string of the molecule is CSc1nc2c(C)sc(C(=O)O)c2n1Cc1ccc(-c2ccccc2-c2nc(=S)o[nH]2)cc1. The van der Waals surface area contributed by atoms with Crippen molar-refractivity contribution in [2.24, 2.45) is 0 Å². The third-order valence-electron chi connectivity index (χ3n) is 5.34. The topological polar surface area (TPSA) is 96.9 Å². The maximum absolute atomic E-state index is 11.8. The van der Waals surface area contributed by atoms with Gasteiger partial charge in [0, 0.05) is 10.4 Å². The van der Waals surface area contributed by atoms with Gasteiger partial charge in [-0.25, -0.2) is 14.9 Å². The number of aryl methyl sites for hydroxylation is 1. The second kappa shape index (κ2) is 8.62. The summed E-state index contributed by atoms with van der Waals surface area (Å²) in [5.74, 6) is -0.343. The summed E-state index contributed by atoms with van der Waals surface area (Å²) in [6.07, 6.45) is 1.95. The van der Waals surface area contributed by atoms with Crippen LogP contribution in [-0.2, 0) is 6.54 Å². The van der Waals surface area contributed by atoms with E-state index in [1.54, 1.807) is 0 Å². The van der Waals surface area contributed by atoms with E-state index in [4.69, 9.17) is 16.7 Å². The quantitative estimate of drug-likeness (QED) is 0.213. The van der Waals surface area contributed by atoms with Gasteiger partial charge in [-0.1, -0.05) is 60.3 Å². The zero-order valence-corrected chi connectivity index (χ0v) is 20.1. The van der Waals surface area contributed by atoms with Crippen molar-refractivity contribution < 1.29 is 14.4 Å². The number of aromatic amines is 1. The van der Waals surface area contributed by atoms with Crippen LogP contribution in [0.15, 0.2) is 58.2 Å². The number of carboxylic acids is 1. The molecule has 0 amide bonds. The van der Waals surface area contributed by atoms with Crippen LogP contribution in [0.1, 0.15) is 20.1 Å². The number of fused-ring (bicyclic) bond motifs is 1. The average Bonchev–Trinajstić information content (AvgIpc) is 3.50. The van der Waals surface area contributed by atoms with Crippen LogP contribution in [0.5, 0.6) is 0 Å². The first-order chi connectivity index (χ1) is 16.0. The standard InChI is InChI=1S/C23H18N4O3S3/c1-12-17-18(19(33-12)21(28)29)27(22(24-17)32-2)11-13-7-9-14(10-8-13)15-5-3-4-6-16(15)20-25-23(31)30-26-20/h3-10H,11H2,1-2H3,(H,28,29)(H,25,26,31). The minimum atomic E-state index is -0.925. The predicted octanol–water partition coefficient (Wildman–Crippen LogP) is 6.25. The second-order valence-corrected chi connectivity index (χ2v) is 9.69. The molecule has 5 rings (SSSR count). The first-order valence-corrected chi connectivity index (χ1v) is 12.4. The van der Waals surface area contributed by atoms with Crippen molar-refractivity contribution >= 4 is 52.3 Å². The molecular formula is C23H18N4O3S3. The number of hydrogen-bond donors (Lipinski definition) is 2. The Kier molecular flexibility index (Phi) is 5.65. The monoisotopic (exact) mass is 494 g/mol. The highest BCUT2D eigenvalue weighted by Crippen LogP contribution is 2.35. The fraction of sp³-hybridized carbons (Fsp3) is 0.130. The number of rotatable bonds is 6. The lowest BCUT2D eigenvalue weighted by Crippen LogP contribution is -2.04. The average molecular weight is 495 g/mol. The molecule has 0 saturated heterocycles. The van der Waals surface area contributed by atoms with Crippen molar-refractivity contribution in [1.29, 1.82) is 0 Å². The Morgan fingerprint density at radius 1 is 1.18 bits per heavy atom. The number of aromatic nitrogens is 4. The van der Waals surface area contributed by atoms with Gasteiger partial charge < -0.3 is 14.2 Å². The highest BCUT2D eigenvalue weighted by atomic mass is 32.2. The Morgan fingerprint density at radius 2 is 1.91 bits per heavy atom. The van der Waals surface area contributed by atoms with Gasteiger partial charge in [0.25, 0.3) is 0 Å². The van der Waals surface area contributed by atoms with Gasteiger partial charge in [0.1, 0.15) is 10.4 Å². The van der Waals surface area contributed by atoms with Gasteiger partial charge in [0.15, 0.2) is 11.0 Å². The highest BCUT2D eigenvalue weighted by Gasteiger charge is 2.22. The van der Waals surface area contributed by atoms with Crippen molar-refractivity contribution in [2.45, 2.75) is 18.6 Å². The molecule has 0 atom stereocenters. The molecule has 0 radical (unpaired) electrons. The number of H-pyrrole nitrogens is 1. The number of carbonyl (C=O) groups is 1. The Hall–Kier alpha value is -3.21. The molecule has 0 saturated carbocycles. The fourth-order valence-electron chi connectivity index (χ4n) is 3.86. The molecule has 0 aliphatic carbocycles. The number of hydrogen-bond acceptors (Lipinski definition) is 7. The molecule has 33 heavy (non-hydrogen) atoms. The molecule has 0 bridgehead atoms. The van der Waals surface area contributed by atoms with Crippen LogP contribution in [0.2, 0.25) is 0 Å². The Morgan fingerprint density at radius 3 is 2.55 bits per heavy atom. The summed E-state index contributed by atoms with van der Waals surface area (Å²) in [7, 11) is 0. The molecule has 0 aliphatic heterocycles. The van der Waals surface area contributed by atoms with Gasteiger partial charge in [-0.2, -0.15) is 4.98 Å². The maximum Gasteiger partial charge on any atom is 0.348 e. The number of nitrogens with one attached hydrogen (secondary N) is 1. The lowest BCUT2D eigenvalue weighted by atomic mass is 9.98. The minimum Gasteiger partial charge on any atom is -0.477 e. The van der Waals surface area contributed by atoms with Crippen LogP contribution in [0.3, 0.4) is 0 Å². The summed E-state index contributed by atoms with van der Waals surface area (Å²) in [6, 6.07) is 16.1. The minimum absolute atomic E-state index is 0.163. The van der Waals surface area contributed by atoms with E-state index in [2.05, 4.69) is 15.1 Å². The van der Waals surface area contributed by atoms with Crippen molar-refractivity contribution in [2.75, 3.05) is 6.26 Å². The van der Waals surface area contributed by atoms with Crippen molar-refractivity contribution in [1.82, 2.24) is 19.7 Å². The lowest BCUT2D eigenvalue weighted by molar-refractivity contribution is 0.0703. The Labute approximate surface area is 202 Å². The zero-order valence-electron chi connectivity index (χ0n) is 17.7. The van der Waals surface area contributed by atoms with E-state index >= 15 is 0 Å². The number of carboxylic acid groups (broad SMARTS) is 1. The van der Waals surface area contributed by atoms with Gasteiger partial charge in [0.05, 0.1) is 12.1 Å². The van der Waals surface area contributed by atoms with Crippen LogP contribution in [-0.4, -0.2) is 37.0 Å². The molecular weight excluding hydrogens is 476 g/mol. The largest absolute Gasteiger partial charge is 0.477 e. The summed E-state index contributed by atoms with van der Waals surface area (Å²) in [4.78, 5) is 22.2. The predicted molar refractivity (Wildman–Crippen MR) is 133 cm³/mol. The zero-order chi connectivity index (χ0) is 23.1. The molecule has 2 N–H and O–H groups in total. The normalized spacial score (nSPS) is 11.3. The van der Waals surface area contributed by atoms with Crippen molar-refractivity contribution in [3.63, 3.8) is 0 Å². The van der Waals surface area contributed by atoms with Crippen LogP contribution < -0.4 is 0 Å². The van der Waals surface area contributed by atoms with E-state index < -0.39 is 5.97 Å². The summed E-state index contributed by atoms with van der Waals surface area (Å²) in [6.45, 7) is 2.44. The number of benzene rings is 2. The lowest BCUT2D eigenvalue weighted by Gasteiger charge is -2.11. The van der Waals surface area contributed by atoms with E-state index in [0.717, 1.165) is 37.8 Å². The summed E-state index contributed by atoms with van der Waals surface area (Å²) < 4.78 is 7.09. The van der Waals surface area contributed by atoms with Crippen LogP contribution in [0.25, 0.3) is 33.5 Å². The highest BCUT2D eigenvalue weighted by molar-refractivity contribution is 7.98. The molecule has 166 valence electrons. The van der Waals surface area contributed by atoms with E-state index in [0.29, 0.717) is 22.8 Å². The van der Waals surface area contributed by atoms with Gasteiger partial charge >= 0.3 is 10.8 Å². The van der Waals surface area contributed by atoms with E-state index in [1.165, 1.54) is 23.1 Å². The van der Waals surface area contributed by atoms with E-state index in [9.17, 15) is 9.90 Å². The van der Waals surface area contributed by atoms with Crippen LogP contribution in [0.4, 0.5) is 0 Å². The van der Waals surface area contributed by atoms with Gasteiger partial charge in [-0.15, -0.1) is 11.3 Å². The molecule has 5 aromatic rings. The summed E-state index contributed by atoms with van der Waals surface area (Å²) in [5, 5.41) is 13.3. The first kappa shape index (κ1) is 21.6. The third-order valence-corrected chi connectivity index (χ3v) is 7.26. The first-order valence-electron chi connectivity index (χ1n) is 9.97. The third kappa shape index (κ3) is 3.90. The molecule has 0 aliphatic rings. The molecule has 3 aromatic heterocycles. The van der Waals surface area contributed by atoms with Crippen LogP contribution >= 0.6 is 35.3 Å². The molecule has 0 unspecified atom stereocenters. The fourth-order valence-corrected chi connectivity index (χ4v) is 5.49. The number of thioether (sulfide) groups is 1. The van der Waals surface area contributed by atoms with E-state index in [1.807, 2.05) is 66.3 Å². The molecule has 3 heterocycles. The number of nitrogens with zero attached hydrogens (tertiary/aromatic N) is 3. The number of imidazole rings is 1. The smallest absolute Gasteiger partial charge is 0.348 e. The van der Waals surface area contributed by atoms with Gasteiger partial charge in [-0.05, 0) is 42.1 Å². The number of thiophene rings is 1. The van der Waals surface area contributed by atoms with E-state index in [-0.39, 0.29) is 4.84 Å². The Balaban J connectivity index is 1.52. The summed E-state index contributed by atoms with van der Waals surface area (Å²) in [5.41, 5.74) is 5.41. The van der Waals surface area contributed by atoms with Crippen molar-refractivity contribution in [3.8, 4) is 22.5 Å². The second-order valence-electron chi connectivity index (χ2n) is 7.35. The molecule has 10 heteroatoms. The Bertz CT molecular complexity index is 1540. The number of aromatic carboxylic acids is 1. The van der Waals surface area contributed by atoms with Gasteiger partial charge in [0.2, 0.25) is 0 Å². The molecule has 0 fully saturated rings. The van der Waals surface area contributed by atoms with Crippen molar-refractivity contribution in [3.05, 3.63) is 68.7 Å². The molecule has 0 spiro atoms. The maximum atomic E-state index is 11.8. The van der Waals surface area contributed by atoms with Gasteiger partial charge in [-0.3, -0.25) is 0 Å². The molecule has 7 nitrogen and oxygen atoms in total. The summed E-state index contributed by atoms with van der Waals surface area (Å²) >= 11 is 7.77. The van der Waals surface area contributed by atoms with Crippen LogP contribution in [0, 0.1) is 11.8 Å².